The van der Waals surface area contributed by atoms with Crippen LogP contribution in [0, 0.1) is 0 Å². The number of nitrogens with two attached hydrogens (primary N) is 1. The van der Waals surface area contributed by atoms with Gasteiger partial charge in [-0.1, -0.05) is 37.4 Å². The molecule has 0 unspecified atom stereocenters. The van der Waals surface area contributed by atoms with Gasteiger partial charge in [0.1, 0.15) is 6.33 Å². The lowest BCUT2D eigenvalue weighted by atomic mass is 10.1. The molecule has 0 bridgehead atoms. The maximum atomic E-state index is 12.1. The summed E-state index contributed by atoms with van der Waals surface area (Å²) < 4.78 is 1.33. The quantitative estimate of drug-likeness (QED) is 0.494. The summed E-state index contributed by atoms with van der Waals surface area (Å²) in [6.45, 7) is 1.87. The average molecular weight is 283 g/mol. The third-order valence-corrected chi connectivity index (χ3v) is 4.46. The highest BCUT2D eigenvalue weighted by atomic mass is 32.2. The van der Waals surface area contributed by atoms with Crippen molar-refractivity contribution in [2.24, 2.45) is 0 Å². The summed E-state index contributed by atoms with van der Waals surface area (Å²) in [5, 5.41) is 11.0. The van der Waals surface area contributed by atoms with Crippen LogP contribution in [0.2, 0.25) is 0 Å². The van der Waals surface area contributed by atoms with Gasteiger partial charge in [-0.15, -0.1) is 10.2 Å². The van der Waals surface area contributed by atoms with Crippen molar-refractivity contribution in [2.75, 3.05) is 5.84 Å². The topological polar surface area (TPSA) is 85.8 Å². The highest BCUT2D eigenvalue weighted by molar-refractivity contribution is 8.00. The van der Waals surface area contributed by atoms with Crippen LogP contribution in [0.3, 0.4) is 0 Å². The number of hydrogen-bond acceptors (Lipinski definition) is 5. The Morgan fingerprint density at radius 1 is 1.47 bits per heavy atom. The Morgan fingerprint density at radius 3 is 2.74 bits per heavy atom. The lowest BCUT2D eigenvalue weighted by Gasteiger charge is -2.18. The number of nitrogens with zero attached hydrogens (tertiary/aromatic N) is 3. The smallest absolute Gasteiger partial charge is 0.233 e. The minimum absolute atomic E-state index is 0.0555. The Morgan fingerprint density at radius 2 is 2.16 bits per heavy atom. The van der Waals surface area contributed by atoms with Crippen molar-refractivity contribution in [1.29, 1.82) is 0 Å². The van der Waals surface area contributed by atoms with E-state index in [1.54, 1.807) is 0 Å². The number of nitrogen functional groups attached to an aromatic ring is 1. The second kappa shape index (κ2) is 6.79. The molecule has 0 aliphatic heterocycles. The van der Waals surface area contributed by atoms with E-state index < -0.39 is 0 Å². The Kier molecular flexibility index (Phi) is 5.07. The first kappa shape index (κ1) is 14.2. The largest absolute Gasteiger partial charge is 0.352 e. The maximum absolute atomic E-state index is 12.1. The van der Waals surface area contributed by atoms with Gasteiger partial charge in [-0.05, 0) is 19.8 Å². The van der Waals surface area contributed by atoms with Crippen molar-refractivity contribution in [1.82, 2.24) is 20.2 Å². The molecule has 19 heavy (non-hydrogen) atoms. The second-order valence-corrected chi connectivity index (χ2v) is 6.29. The molecule has 106 valence electrons. The van der Waals surface area contributed by atoms with E-state index in [1.165, 1.54) is 48.4 Å². The van der Waals surface area contributed by atoms with E-state index in [9.17, 15) is 4.79 Å². The van der Waals surface area contributed by atoms with Gasteiger partial charge in [0.15, 0.2) is 0 Å². The van der Waals surface area contributed by atoms with Gasteiger partial charge in [0.2, 0.25) is 11.1 Å². The van der Waals surface area contributed by atoms with E-state index >= 15 is 0 Å². The molecule has 0 radical (unpaired) electrons. The fraction of sp³-hybridized carbons (Fsp3) is 0.750. The molecular weight excluding hydrogens is 262 g/mol. The molecule has 1 fully saturated rings. The van der Waals surface area contributed by atoms with Gasteiger partial charge in [0.05, 0.1) is 5.25 Å². The zero-order chi connectivity index (χ0) is 13.7. The van der Waals surface area contributed by atoms with Crippen molar-refractivity contribution < 1.29 is 4.79 Å². The summed E-state index contributed by atoms with van der Waals surface area (Å²) in [5.41, 5.74) is 0. The molecule has 1 aromatic rings. The van der Waals surface area contributed by atoms with E-state index in [1.807, 2.05) is 6.92 Å². The number of aromatic nitrogens is 3. The zero-order valence-electron chi connectivity index (χ0n) is 11.2. The third kappa shape index (κ3) is 4.12. The SMILES string of the molecule is C[C@@H](Sc1nncn1N)C(=O)NC1CCCCCC1. The van der Waals surface area contributed by atoms with Gasteiger partial charge in [-0.25, -0.2) is 4.68 Å². The minimum Gasteiger partial charge on any atom is -0.352 e. The number of carbonyl (C=O) groups excluding carboxylic acids is 1. The molecular formula is C12H21N5OS. The number of rotatable bonds is 4. The van der Waals surface area contributed by atoms with Crippen molar-refractivity contribution in [3.05, 3.63) is 6.33 Å². The molecule has 1 amide bonds. The fourth-order valence-corrected chi connectivity index (χ4v) is 3.02. The molecule has 3 N–H and O–H groups in total. The predicted octanol–water partition coefficient (Wildman–Crippen LogP) is 1.31. The number of amides is 1. The molecule has 1 aliphatic rings. The molecule has 0 saturated heterocycles. The molecule has 7 heteroatoms. The van der Waals surface area contributed by atoms with Gasteiger partial charge in [-0.3, -0.25) is 4.79 Å². The molecule has 1 aliphatic carbocycles. The van der Waals surface area contributed by atoms with Gasteiger partial charge in [0, 0.05) is 6.04 Å². The number of nitrogens with one attached hydrogen (secondary N) is 1. The molecule has 6 nitrogen and oxygen atoms in total. The molecule has 1 atom stereocenters. The van der Waals surface area contributed by atoms with Crippen LogP contribution in [-0.4, -0.2) is 32.1 Å². The summed E-state index contributed by atoms with van der Waals surface area (Å²) in [6.07, 6.45) is 8.61. The predicted molar refractivity (Wildman–Crippen MR) is 75.1 cm³/mol. The maximum Gasteiger partial charge on any atom is 0.233 e. The van der Waals surface area contributed by atoms with Crippen molar-refractivity contribution >= 4 is 17.7 Å². The Labute approximate surface area is 117 Å². The highest BCUT2D eigenvalue weighted by Gasteiger charge is 2.21. The zero-order valence-corrected chi connectivity index (χ0v) is 12.0. The van der Waals surface area contributed by atoms with Crippen LogP contribution in [-0.2, 0) is 4.79 Å². The van der Waals surface area contributed by atoms with Gasteiger partial charge < -0.3 is 11.2 Å². The van der Waals surface area contributed by atoms with E-state index in [0.29, 0.717) is 11.2 Å². The van der Waals surface area contributed by atoms with Gasteiger partial charge in [0.25, 0.3) is 0 Å². The number of thioether (sulfide) groups is 1. The van der Waals surface area contributed by atoms with E-state index in [-0.39, 0.29) is 11.2 Å². The standard InChI is InChI=1S/C12H21N5OS/c1-9(19-12-16-14-8-17(12)13)11(18)15-10-6-4-2-3-5-7-10/h8-10H,2-7,13H2,1H3,(H,15,18)/t9-/m1/s1. The summed E-state index contributed by atoms with van der Waals surface area (Å²) in [5.74, 6) is 5.69. The molecule has 1 aromatic heterocycles. The fourth-order valence-electron chi connectivity index (χ4n) is 2.27. The van der Waals surface area contributed by atoms with Gasteiger partial charge >= 0.3 is 0 Å². The van der Waals surface area contributed by atoms with Crippen LogP contribution in [0.5, 0.6) is 0 Å². The van der Waals surface area contributed by atoms with Crippen LogP contribution in [0.1, 0.15) is 45.4 Å². The van der Waals surface area contributed by atoms with Crippen molar-refractivity contribution in [3.63, 3.8) is 0 Å². The number of hydrogen-bond donors (Lipinski definition) is 2. The van der Waals surface area contributed by atoms with Gasteiger partial charge in [-0.2, -0.15) is 0 Å². The molecule has 1 saturated carbocycles. The Bertz CT molecular complexity index is 414. The summed E-state index contributed by atoms with van der Waals surface area (Å²) in [4.78, 5) is 12.1. The van der Waals surface area contributed by atoms with Crippen LogP contribution in [0.25, 0.3) is 0 Å². The molecule has 0 aromatic carbocycles. The summed E-state index contributed by atoms with van der Waals surface area (Å²) in [6, 6.07) is 0.328. The molecule has 1 heterocycles. The monoisotopic (exact) mass is 283 g/mol. The Hall–Kier alpha value is -1.24. The normalized spacial score (nSPS) is 18.8. The van der Waals surface area contributed by atoms with Crippen LogP contribution in [0.4, 0.5) is 0 Å². The minimum atomic E-state index is -0.213. The third-order valence-electron chi connectivity index (χ3n) is 3.39. The first-order valence-corrected chi connectivity index (χ1v) is 7.67. The summed E-state index contributed by atoms with van der Waals surface area (Å²) in [7, 11) is 0. The van der Waals surface area contributed by atoms with E-state index in [2.05, 4.69) is 15.5 Å². The summed E-state index contributed by atoms with van der Waals surface area (Å²) >= 11 is 1.33. The lowest BCUT2D eigenvalue weighted by molar-refractivity contribution is -0.121. The van der Waals surface area contributed by atoms with Crippen molar-refractivity contribution in [2.45, 2.75) is 61.9 Å². The van der Waals surface area contributed by atoms with Crippen molar-refractivity contribution in [3.8, 4) is 0 Å². The van der Waals surface area contributed by atoms with E-state index in [4.69, 9.17) is 5.84 Å². The number of carbonyl (C=O) groups is 1. The lowest BCUT2D eigenvalue weighted by Crippen LogP contribution is -2.39. The molecule has 0 spiro atoms. The highest BCUT2D eigenvalue weighted by Crippen LogP contribution is 2.21. The first-order chi connectivity index (χ1) is 9.16. The second-order valence-electron chi connectivity index (χ2n) is 4.98. The average Bonchev–Trinajstić information content (AvgIpc) is 2.65. The van der Waals surface area contributed by atoms with Crippen LogP contribution >= 0.6 is 11.8 Å². The molecule has 2 rings (SSSR count). The first-order valence-electron chi connectivity index (χ1n) is 6.79. The van der Waals surface area contributed by atoms with E-state index in [0.717, 1.165) is 12.8 Å². The van der Waals surface area contributed by atoms with Crippen LogP contribution in [0.15, 0.2) is 11.5 Å². The van der Waals surface area contributed by atoms with Crippen LogP contribution < -0.4 is 11.2 Å². The Balaban J connectivity index is 1.83.